The molecule has 0 spiro atoms. The highest BCUT2D eigenvalue weighted by Gasteiger charge is 2.55. The molecule has 6 nitrogen and oxygen atoms in total. The summed E-state index contributed by atoms with van der Waals surface area (Å²) in [6.45, 7) is 3.95. The molecule has 184 valence electrons. The second-order valence-corrected chi connectivity index (χ2v) is 11.5. The van der Waals surface area contributed by atoms with E-state index in [0.29, 0.717) is 34.8 Å². The number of nitrogens with one attached hydrogen (secondary N) is 2. The van der Waals surface area contributed by atoms with E-state index in [2.05, 4.69) is 10.6 Å². The summed E-state index contributed by atoms with van der Waals surface area (Å²) in [6.07, 6.45) is 6.79. The number of hydrogen-bond donors (Lipinski definition) is 2. The number of anilines is 1. The number of hydrogen-bond acceptors (Lipinski definition) is 4. The number of furan rings is 1. The average Bonchev–Trinajstić information content (AvgIpc) is 3.18. The van der Waals surface area contributed by atoms with Gasteiger partial charge in [0.15, 0.2) is 0 Å². The lowest BCUT2D eigenvalue weighted by Gasteiger charge is -2.55. The monoisotopic (exact) mass is 474 g/mol. The van der Waals surface area contributed by atoms with Crippen LogP contribution in [0.5, 0.6) is 5.75 Å². The van der Waals surface area contributed by atoms with Gasteiger partial charge in [0.25, 0.3) is 0 Å². The van der Waals surface area contributed by atoms with Gasteiger partial charge in [-0.3, -0.25) is 9.59 Å². The van der Waals surface area contributed by atoms with Crippen molar-refractivity contribution in [3.05, 3.63) is 36.4 Å². The number of benzene rings is 2. The van der Waals surface area contributed by atoms with Crippen LogP contribution < -0.4 is 15.4 Å². The Hall–Kier alpha value is -3.02. The molecule has 7 rings (SSSR count). The number of para-hydroxylation sites is 1. The van der Waals surface area contributed by atoms with Gasteiger partial charge in [-0.1, -0.05) is 32.0 Å². The average molecular weight is 475 g/mol. The lowest BCUT2D eigenvalue weighted by atomic mass is 9.49. The predicted octanol–water partition coefficient (Wildman–Crippen LogP) is 5.89. The van der Waals surface area contributed by atoms with Crippen LogP contribution >= 0.6 is 0 Å². The minimum absolute atomic E-state index is 0.0474. The van der Waals surface area contributed by atoms with Crippen LogP contribution in [0, 0.1) is 29.1 Å². The topological polar surface area (TPSA) is 80.6 Å². The molecule has 2 amide bonds. The summed E-state index contributed by atoms with van der Waals surface area (Å²) in [4.78, 5) is 27.1. The summed E-state index contributed by atoms with van der Waals surface area (Å²) in [6, 6.07) is 10.9. The van der Waals surface area contributed by atoms with Crippen molar-refractivity contribution in [3.8, 4) is 5.75 Å². The highest BCUT2D eigenvalue weighted by molar-refractivity contribution is 6.08. The van der Waals surface area contributed by atoms with Crippen LogP contribution in [0.25, 0.3) is 21.9 Å². The zero-order valence-electron chi connectivity index (χ0n) is 20.7. The van der Waals surface area contributed by atoms with Crippen LogP contribution in [-0.2, 0) is 9.59 Å². The Kier molecular flexibility index (Phi) is 5.31. The molecule has 1 atom stereocenters. The molecule has 0 saturated heterocycles. The number of ether oxygens (including phenoxy) is 1. The third kappa shape index (κ3) is 3.78. The molecule has 1 aromatic heterocycles. The first kappa shape index (κ1) is 22.4. The van der Waals surface area contributed by atoms with E-state index in [0.717, 1.165) is 35.6 Å². The first-order valence-corrected chi connectivity index (χ1v) is 13.0. The van der Waals surface area contributed by atoms with Crippen LogP contribution in [0.4, 0.5) is 5.69 Å². The van der Waals surface area contributed by atoms with Crippen molar-refractivity contribution in [1.29, 1.82) is 0 Å². The maximum Gasteiger partial charge on any atom is 0.247 e. The standard InChI is InChI=1S/C29H34N2O4/c1-16(2)26(31-28(33)29-13-17-8-18(14-29)10-19(9-17)15-29)27(32)30-22-12-24-21(11-25(22)34-3)20-6-4-5-7-23(20)35-24/h4-7,11-12,16-19,26H,8-10,13-15H2,1-3H3,(H,30,32)(H,31,33)/t17?,18?,19?,26-,29?/m0/s1. The Morgan fingerprint density at radius 3 is 2.26 bits per heavy atom. The Balaban J connectivity index is 1.25. The summed E-state index contributed by atoms with van der Waals surface area (Å²) in [5.41, 5.74) is 1.73. The van der Waals surface area contributed by atoms with Crippen molar-refractivity contribution in [3.63, 3.8) is 0 Å². The maximum absolute atomic E-state index is 13.6. The van der Waals surface area contributed by atoms with Crippen molar-refractivity contribution in [2.24, 2.45) is 29.1 Å². The molecule has 0 aliphatic heterocycles. The van der Waals surface area contributed by atoms with Crippen molar-refractivity contribution < 1.29 is 18.7 Å². The summed E-state index contributed by atoms with van der Waals surface area (Å²) in [5.74, 6) is 2.40. The molecule has 2 N–H and O–H groups in total. The zero-order valence-corrected chi connectivity index (χ0v) is 20.7. The zero-order chi connectivity index (χ0) is 24.3. The van der Waals surface area contributed by atoms with Crippen LogP contribution in [-0.4, -0.2) is 25.0 Å². The van der Waals surface area contributed by atoms with E-state index in [9.17, 15) is 9.59 Å². The van der Waals surface area contributed by atoms with Gasteiger partial charge in [0.2, 0.25) is 11.8 Å². The van der Waals surface area contributed by atoms with Crippen molar-refractivity contribution in [2.75, 3.05) is 12.4 Å². The molecule has 4 bridgehead atoms. The molecule has 2 aromatic carbocycles. The third-order valence-electron chi connectivity index (χ3n) is 8.71. The van der Waals surface area contributed by atoms with Gasteiger partial charge in [-0.15, -0.1) is 0 Å². The van der Waals surface area contributed by atoms with E-state index < -0.39 is 6.04 Å². The van der Waals surface area contributed by atoms with E-state index in [1.54, 1.807) is 7.11 Å². The Bertz CT molecular complexity index is 1270. The molecule has 0 radical (unpaired) electrons. The van der Waals surface area contributed by atoms with Gasteiger partial charge < -0.3 is 19.8 Å². The van der Waals surface area contributed by atoms with E-state index in [4.69, 9.17) is 9.15 Å². The normalized spacial score (nSPS) is 27.9. The van der Waals surface area contributed by atoms with E-state index in [-0.39, 0.29) is 23.1 Å². The molecule has 35 heavy (non-hydrogen) atoms. The minimum Gasteiger partial charge on any atom is -0.495 e. The SMILES string of the molecule is COc1cc2c(cc1NC(=O)[C@@H](NC(=O)C13CC4CC(CC(C4)C1)C3)C(C)C)oc1ccccc12. The quantitative estimate of drug-likeness (QED) is 0.467. The second kappa shape index (κ2) is 8.28. The van der Waals surface area contributed by atoms with E-state index in [1.165, 1.54) is 19.3 Å². The molecular weight excluding hydrogens is 440 g/mol. The van der Waals surface area contributed by atoms with Crippen molar-refractivity contribution >= 4 is 39.4 Å². The predicted molar refractivity (Wildman–Crippen MR) is 136 cm³/mol. The number of amides is 2. The smallest absolute Gasteiger partial charge is 0.247 e. The number of carbonyl (C=O) groups is 2. The summed E-state index contributed by atoms with van der Waals surface area (Å²) < 4.78 is 11.6. The van der Waals surface area contributed by atoms with Gasteiger partial charge in [-0.25, -0.2) is 0 Å². The Morgan fingerprint density at radius 1 is 0.971 bits per heavy atom. The van der Waals surface area contributed by atoms with Crippen molar-refractivity contribution in [2.45, 2.75) is 58.4 Å². The largest absolute Gasteiger partial charge is 0.495 e. The van der Waals surface area contributed by atoms with Gasteiger partial charge in [-0.2, -0.15) is 0 Å². The fourth-order valence-corrected chi connectivity index (χ4v) is 7.45. The fourth-order valence-electron chi connectivity index (χ4n) is 7.45. The van der Waals surface area contributed by atoms with Crippen LogP contribution in [0.3, 0.4) is 0 Å². The minimum atomic E-state index is -0.619. The summed E-state index contributed by atoms with van der Waals surface area (Å²) in [5, 5.41) is 8.13. The molecule has 4 saturated carbocycles. The second-order valence-electron chi connectivity index (χ2n) is 11.5. The van der Waals surface area contributed by atoms with Crippen molar-refractivity contribution in [1.82, 2.24) is 5.32 Å². The molecule has 6 heteroatoms. The van der Waals surface area contributed by atoms with Gasteiger partial charge in [-0.05, 0) is 74.3 Å². The van der Waals surface area contributed by atoms with E-state index in [1.807, 2.05) is 50.2 Å². The lowest BCUT2D eigenvalue weighted by Crippen LogP contribution is -2.57. The first-order valence-electron chi connectivity index (χ1n) is 13.0. The lowest BCUT2D eigenvalue weighted by molar-refractivity contribution is -0.148. The molecular formula is C29H34N2O4. The summed E-state index contributed by atoms with van der Waals surface area (Å²) in [7, 11) is 1.59. The summed E-state index contributed by atoms with van der Waals surface area (Å²) >= 11 is 0. The van der Waals surface area contributed by atoms with Gasteiger partial charge in [0.05, 0.1) is 12.8 Å². The number of carbonyl (C=O) groups excluding carboxylic acids is 2. The van der Waals surface area contributed by atoms with E-state index >= 15 is 0 Å². The fraction of sp³-hybridized carbons (Fsp3) is 0.517. The molecule has 4 fully saturated rings. The maximum atomic E-state index is 13.6. The number of methoxy groups -OCH3 is 1. The highest BCUT2D eigenvalue weighted by atomic mass is 16.5. The number of fused-ring (bicyclic) bond motifs is 3. The molecule has 1 heterocycles. The first-order chi connectivity index (χ1) is 16.8. The Morgan fingerprint density at radius 2 is 1.63 bits per heavy atom. The third-order valence-corrected chi connectivity index (χ3v) is 8.71. The van der Waals surface area contributed by atoms with Gasteiger partial charge in [0, 0.05) is 22.3 Å². The molecule has 0 unspecified atom stereocenters. The highest BCUT2D eigenvalue weighted by Crippen LogP contribution is 2.60. The molecule has 4 aliphatic carbocycles. The van der Waals surface area contributed by atoms with Gasteiger partial charge in [0.1, 0.15) is 23.0 Å². The Labute approximate surface area is 205 Å². The van der Waals surface area contributed by atoms with Crippen LogP contribution in [0.1, 0.15) is 52.4 Å². The molecule has 4 aliphatic rings. The van der Waals surface area contributed by atoms with Gasteiger partial charge >= 0.3 is 0 Å². The van der Waals surface area contributed by atoms with Crippen LogP contribution in [0.2, 0.25) is 0 Å². The van der Waals surface area contributed by atoms with Crippen LogP contribution in [0.15, 0.2) is 40.8 Å². The number of rotatable bonds is 6. The molecule has 3 aromatic rings.